The van der Waals surface area contributed by atoms with E-state index in [1.165, 1.54) is 36.5 Å². The largest absolute Gasteiger partial charge is 0.305 e. The molecule has 3 aromatic heterocycles. The number of hydrogen-bond donors (Lipinski definition) is 0. The predicted molar refractivity (Wildman–Crippen MR) is 176 cm³/mol. The van der Waals surface area contributed by atoms with Crippen molar-refractivity contribution < 1.29 is 21.5 Å². The maximum absolute atomic E-state index is 8.28. The van der Waals surface area contributed by atoms with Crippen LogP contribution in [0.5, 0.6) is 0 Å². The Morgan fingerprint density at radius 3 is 2.34 bits per heavy atom. The minimum Gasteiger partial charge on any atom is -0.305 e. The first kappa shape index (κ1) is 29.5. The Hall–Kier alpha value is -2.95. The van der Waals surface area contributed by atoms with Crippen molar-refractivity contribution in [3.63, 3.8) is 0 Å². The summed E-state index contributed by atoms with van der Waals surface area (Å²) in [5.74, 6) is -0.637. The second-order valence-corrected chi connectivity index (χ2v) is 17.6. The van der Waals surface area contributed by atoms with Crippen LogP contribution in [0.4, 0.5) is 0 Å². The molecule has 0 fully saturated rings. The fraction of sp³-hybridized carbons (Fsp3) is 0.222. The molecule has 0 aliphatic rings. The van der Waals surface area contributed by atoms with Crippen molar-refractivity contribution in [2.45, 2.75) is 53.2 Å². The van der Waals surface area contributed by atoms with Crippen LogP contribution in [0.15, 0.2) is 85.2 Å². The van der Waals surface area contributed by atoms with E-state index in [0.717, 1.165) is 28.1 Å². The van der Waals surface area contributed by atoms with Gasteiger partial charge in [-0.2, -0.15) is 11.3 Å². The van der Waals surface area contributed by atoms with E-state index in [1.807, 2.05) is 50.2 Å². The zero-order valence-electron chi connectivity index (χ0n) is 25.7. The molecule has 1 radical (unpaired) electrons. The second-order valence-electron chi connectivity index (χ2n) is 11.5. The van der Waals surface area contributed by atoms with Gasteiger partial charge >= 0.3 is 0 Å². The van der Waals surface area contributed by atoms with Crippen molar-refractivity contribution in [3.05, 3.63) is 114 Å². The second kappa shape index (κ2) is 12.9. The van der Waals surface area contributed by atoms with Crippen LogP contribution in [0.1, 0.15) is 37.8 Å². The Labute approximate surface area is 264 Å². The summed E-state index contributed by atoms with van der Waals surface area (Å²) in [5, 5.41) is 4.03. The maximum atomic E-state index is 8.28. The molecule has 6 rings (SSSR count). The van der Waals surface area contributed by atoms with Gasteiger partial charge in [0.1, 0.15) is 0 Å². The Morgan fingerprint density at radius 2 is 1.66 bits per heavy atom. The monoisotopic (exact) mass is 750 g/mol. The molecule has 0 N–H and O–H groups in total. The first-order chi connectivity index (χ1) is 19.4. The van der Waals surface area contributed by atoms with Crippen LogP contribution in [0, 0.1) is 26.0 Å². The SMILES string of the molecule is Cc1cc(-c2[c-]cccc2)ncc1[Si](C)(C)C.[2H]C(C)(C)c1ccnc(-c2[c-]ccc3c2sc2cccc(C)c23)c1.[Ir]. The van der Waals surface area contributed by atoms with E-state index in [-0.39, 0.29) is 20.1 Å². The van der Waals surface area contributed by atoms with Gasteiger partial charge in [-0.1, -0.05) is 74.3 Å². The van der Waals surface area contributed by atoms with Crippen molar-refractivity contribution in [2.75, 3.05) is 0 Å². The third kappa shape index (κ3) is 6.76. The molecule has 3 aromatic carbocycles. The van der Waals surface area contributed by atoms with E-state index >= 15 is 0 Å². The van der Waals surface area contributed by atoms with Crippen molar-refractivity contribution in [1.82, 2.24) is 9.97 Å². The molecule has 0 unspecified atom stereocenters. The van der Waals surface area contributed by atoms with Crippen LogP contribution >= 0.6 is 11.3 Å². The molecule has 0 spiro atoms. The molecule has 5 heteroatoms. The number of hydrogen-bond acceptors (Lipinski definition) is 3. The summed E-state index contributed by atoms with van der Waals surface area (Å²) >= 11 is 1.79. The number of nitrogens with zero attached hydrogens (tertiary/aromatic N) is 2. The summed E-state index contributed by atoms with van der Waals surface area (Å²) in [7, 11) is -1.27. The van der Waals surface area contributed by atoms with Gasteiger partial charge in [0.2, 0.25) is 0 Å². The minimum atomic E-state index is -1.27. The molecule has 0 aliphatic carbocycles. The van der Waals surface area contributed by atoms with Gasteiger partial charge < -0.3 is 9.97 Å². The Balaban J connectivity index is 0.000000200. The molecule has 3 heterocycles. The topological polar surface area (TPSA) is 25.8 Å². The van der Waals surface area contributed by atoms with Crippen molar-refractivity contribution in [3.8, 4) is 22.5 Å². The van der Waals surface area contributed by atoms with Gasteiger partial charge in [0.15, 0.2) is 0 Å². The number of aromatic nitrogens is 2. The van der Waals surface area contributed by atoms with Crippen molar-refractivity contribution >= 4 is 44.8 Å². The zero-order valence-corrected chi connectivity index (χ0v) is 28.9. The molecular formula is C36H36IrN2SSi-2. The summed E-state index contributed by atoms with van der Waals surface area (Å²) in [5.41, 5.74) is 7.62. The summed E-state index contributed by atoms with van der Waals surface area (Å²) < 4.78 is 10.8. The van der Waals surface area contributed by atoms with E-state index in [4.69, 9.17) is 1.37 Å². The van der Waals surface area contributed by atoms with Crippen LogP contribution in [-0.2, 0) is 20.1 Å². The van der Waals surface area contributed by atoms with Crippen molar-refractivity contribution in [1.29, 1.82) is 0 Å². The summed E-state index contributed by atoms with van der Waals surface area (Å²) in [6.07, 6.45) is 3.85. The van der Waals surface area contributed by atoms with E-state index in [2.05, 4.69) is 98.2 Å². The molecule has 41 heavy (non-hydrogen) atoms. The molecule has 0 bridgehead atoms. The van der Waals surface area contributed by atoms with Gasteiger partial charge in [0.25, 0.3) is 0 Å². The first-order valence-corrected chi connectivity index (χ1v) is 18.0. The number of fused-ring (bicyclic) bond motifs is 3. The molecule has 0 saturated heterocycles. The predicted octanol–water partition coefficient (Wildman–Crippen LogP) is 9.75. The normalized spacial score (nSPS) is 11.9. The standard InChI is InChI=1S/C21H18NS.C15H18NSi.Ir/c1-13(2)15-10-11-22-18(12-15)16-7-5-8-17-20-14(3)6-4-9-19(20)23-21(16)17;1-12-10-14(13-8-6-5-7-9-13)16-11-15(12)17(2,3)4;/h4-6,8-13H,1-3H3;5-8,10-11H,1-4H3;/q2*-1;/i13D;;. The molecule has 0 amide bonds. The van der Waals surface area contributed by atoms with Gasteiger partial charge in [-0.15, -0.1) is 59.7 Å². The van der Waals surface area contributed by atoms with E-state index < -0.39 is 14.0 Å². The van der Waals surface area contributed by atoms with Crippen LogP contribution in [0.25, 0.3) is 42.7 Å². The third-order valence-corrected chi connectivity index (χ3v) is 10.5. The van der Waals surface area contributed by atoms with E-state index in [0.29, 0.717) is 0 Å². The summed E-state index contributed by atoms with van der Waals surface area (Å²) in [6.45, 7) is 15.2. The molecular weight excluding hydrogens is 713 g/mol. The van der Waals surface area contributed by atoms with Gasteiger partial charge in [-0.25, -0.2) is 0 Å². The van der Waals surface area contributed by atoms with Gasteiger partial charge in [-0.05, 0) is 64.1 Å². The Morgan fingerprint density at radius 1 is 0.854 bits per heavy atom. The fourth-order valence-electron chi connectivity index (χ4n) is 5.08. The number of aryl methyl sites for hydroxylation is 2. The average Bonchev–Trinajstić information content (AvgIpc) is 3.33. The van der Waals surface area contributed by atoms with Crippen LogP contribution in [-0.4, -0.2) is 18.0 Å². The summed E-state index contributed by atoms with van der Waals surface area (Å²) in [4.78, 5) is 9.14. The molecule has 211 valence electrons. The molecule has 0 aliphatic heterocycles. The number of benzene rings is 3. The van der Waals surface area contributed by atoms with Gasteiger partial charge in [0, 0.05) is 38.6 Å². The third-order valence-electron chi connectivity index (χ3n) is 7.16. The molecule has 0 saturated carbocycles. The van der Waals surface area contributed by atoms with E-state index in [1.54, 1.807) is 17.5 Å². The number of pyridine rings is 2. The average molecular weight is 750 g/mol. The molecule has 2 nitrogen and oxygen atoms in total. The Kier molecular flexibility index (Phi) is 9.30. The number of rotatable bonds is 4. The fourth-order valence-corrected chi connectivity index (χ4v) is 8.07. The summed E-state index contributed by atoms with van der Waals surface area (Å²) in [6, 6.07) is 31.3. The van der Waals surface area contributed by atoms with Crippen LogP contribution in [0.2, 0.25) is 19.6 Å². The van der Waals surface area contributed by atoms with Gasteiger partial charge in [0.05, 0.1) is 8.07 Å². The zero-order chi connectivity index (χ0) is 29.4. The first-order valence-electron chi connectivity index (χ1n) is 14.2. The Bertz CT molecular complexity index is 1840. The number of thiophene rings is 1. The van der Waals surface area contributed by atoms with Crippen molar-refractivity contribution in [2.24, 2.45) is 0 Å². The smallest absolute Gasteiger partial charge is 0.0798 e. The molecule has 6 aromatic rings. The quantitative estimate of drug-likeness (QED) is 0.133. The van der Waals surface area contributed by atoms with Gasteiger partial charge in [-0.3, -0.25) is 0 Å². The molecule has 0 atom stereocenters. The van der Waals surface area contributed by atoms with E-state index in [9.17, 15) is 0 Å². The minimum absolute atomic E-state index is 0. The van der Waals surface area contributed by atoms with Crippen LogP contribution in [0.3, 0.4) is 0 Å². The van der Waals surface area contributed by atoms with Crippen LogP contribution < -0.4 is 5.19 Å². The maximum Gasteiger partial charge on any atom is 0.0798 e.